The fourth-order valence-electron chi connectivity index (χ4n) is 2.20. The van der Waals surface area contributed by atoms with Crippen molar-refractivity contribution in [3.8, 4) is 0 Å². The predicted octanol–water partition coefficient (Wildman–Crippen LogP) is 5.25. The summed E-state index contributed by atoms with van der Waals surface area (Å²) in [5.41, 5.74) is 2.44. The van der Waals surface area contributed by atoms with Crippen LogP contribution < -0.4 is 5.32 Å². The van der Waals surface area contributed by atoms with Crippen LogP contribution in [0.5, 0.6) is 0 Å². The Labute approximate surface area is 134 Å². The molecule has 2 atom stereocenters. The first-order valence-electron chi connectivity index (χ1n) is 8.10. The quantitative estimate of drug-likeness (QED) is 0.666. The van der Waals surface area contributed by atoms with Gasteiger partial charge in [0, 0.05) is 0 Å². The zero-order chi connectivity index (χ0) is 16.4. The molecule has 0 bridgehead atoms. The minimum Gasteiger partial charge on any atom is -0.450 e. The lowest BCUT2D eigenvalue weighted by Gasteiger charge is -2.15. The second-order valence-electron chi connectivity index (χ2n) is 6.17. The summed E-state index contributed by atoms with van der Waals surface area (Å²) < 4.78 is 5.27. The van der Waals surface area contributed by atoms with E-state index in [2.05, 4.69) is 32.2 Å². The van der Waals surface area contributed by atoms with Gasteiger partial charge in [-0.15, -0.1) is 0 Å². The Bertz CT molecular complexity index is 464. The van der Waals surface area contributed by atoms with Crippen molar-refractivity contribution in [2.24, 2.45) is 5.92 Å². The lowest BCUT2D eigenvalue weighted by Crippen LogP contribution is -2.27. The second kappa shape index (κ2) is 10.0. The largest absolute Gasteiger partial charge is 0.450 e. The Morgan fingerprint density at radius 3 is 2.50 bits per heavy atom. The van der Waals surface area contributed by atoms with Gasteiger partial charge >= 0.3 is 6.09 Å². The van der Waals surface area contributed by atoms with E-state index in [4.69, 9.17) is 4.74 Å². The molecule has 0 fully saturated rings. The smallest absolute Gasteiger partial charge is 0.407 e. The molecule has 0 heterocycles. The number of hydrogen-bond acceptors (Lipinski definition) is 2. The summed E-state index contributed by atoms with van der Waals surface area (Å²) in [6.45, 7) is 8.87. The van der Waals surface area contributed by atoms with Crippen LogP contribution in [0.3, 0.4) is 0 Å². The van der Waals surface area contributed by atoms with Crippen molar-refractivity contribution in [3.05, 3.63) is 47.5 Å². The Morgan fingerprint density at radius 2 is 1.86 bits per heavy atom. The maximum atomic E-state index is 11.8. The first-order valence-corrected chi connectivity index (χ1v) is 8.10. The molecule has 0 unspecified atom stereocenters. The molecule has 0 spiro atoms. The average molecular weight is 303 g/mol. The number of allylic oxidation sites excluding steroid dienone is 2. The Hall–Kier alpha value is -1.77. The van der Waals surface area contributed by atoms with Crippen LogP contribution in [-0.4, -0.2) is 12.7 Å². The highest BCUT2D eigenvalue weighted by Gasteiger charge is 2.10. The normalized spacial score (nSPS) is 13.1. The molecule has 1 N–H and O–H groups in total. The maximum absolute atomic E-state index is 11.8. The molecule has 0 saturated heterocycles. The standard InChI is InChI=1S/C19H29NO2/c1-15(2)9-8-10-16(3)13-14-22-19(21)20-17(4)18-11-6-5-7-12-18/h5-7,9,11-12,16-17H,8,10,13-14H2,1-4H3,(H,20,21)/t16-,17+/m0/s1. The minimum absolute atomic E-state index is 0.0382. The van der Waals surface area contributed by atoms with Crippen LogP contribution >= 0.6 is 0 Å². The van der Waals surface area contributed by atoms with E-state index in [1.165, 1.54) is 5.57 Å². The van der Waals surface area contributed by atoms with Gasteiger partial charge in [0.15, 0.2) is 0 Å². The van der Waals surface area contributed by atoms with Gasteiger partial charge in [-0.1, -0.05) is 48.9 Å². The van der Waals surface area contributed by atoms with Gasteiger partial charge in [-0.25, -0.2) is 4.79 Å². The van der Waals surface area contributed by atoms with Crippen molar-refractivity contribution < 1.29 is 9.53 Å². The van der Waals surface area contributed by atoms with Crippen LogP contribution in [0.2, 0.25) is 0 Å². The third-order valence-electron chi connectivity index (χ3n) is 3.69. The second-order valence-corrected chi connectivity index (χ2v) is 6.17. The fourth-order valence-corrected chi connectivity index (χ4v) is 2.20. The Kier molecular flexibility index (Phi) is 8.34. The number of alkyl carbamates (subject to hydrolysis) is 1. The molecule has 1 amide bonds. The van der Waals surface area contributed by atoms with Gasteiger partial charge in [-0.3, -0.25) is 0 Å². The first kappa shape index (κ1) is 18.3. The zero-order valence-corrected chi connectivity index (χ0v) is 14.3. The van der Waals surface area contributed by atoms with Crippen LogP contribution in [0.25, 0.3) is 0 Å². The molecular formula is C19H29NO2. The predicted molar refractivity (Wildman–Crippen MR) is 91.8 cm³/mol. The zero-order valence-electron chi connectivity index (χ0n) is 14.3. The molecule has 3 heteroatoms. The van der Waals surface area contributed by atoms with E-state index >= 15 is 0 Å². The number of amides is 1. The summed E-state index contributed by atoms with van der Waals surface area (Å²) in [6.07, 6.45) is 5.06. The van der Waals surface area contributed by atoms with Crippen LogP contribution in [-0.2, 0) is 4.74 Å². The van der Waals surface area contributed by atoms with Gasteiger partial charge in [0.2, 0.25) is 0 Å². The van der Waals surface area contributed by atoms with Gasteiger partial charge in [0.1, 0.15) is 0 Å². The molecule has 1 aromatic rings. The summed E-state index contributed by atoms with van der Waals surface area (Å²) in [5, 5.41) is 2.86. The molecular weight excluding hydrogens is 274 g/mol. The van der Waals surface area contributed by atoms with E-state index in [1.807, 2.05) is 37.3 Å². The molecule has 22 heavy (non-hydrogen) atoms. The highest BCUT2D eigenvalue weighted by molar-refractivity contribution is 5.67. The van der Waals surface area contributed by atoms with E-state index in [-0.39, 0.29) is 12.1 Å². The fraction of sp³-hybridized carbons (Fsp3) is 0.526. The van der Waals surface area contributed by atoms with Crippen LogP contribution in [0.4, 0.5) is 4.79 Å². The van der Waals surface area contributed by atoms with Crippen molar-refractivity contribution in [2.45, 2.75) is 53.0 Å². The van der Waals surface area contributed by atoms with Crippen molar-refractivity contribution >= 4 is 6.09 Å². The van der Waals surface area contributed by atoms with Crippen molar-refractivity contribution in [1.82, 2.24) is 5.32 Å². The lowest BCUT2D eigenvalue weighted by molar-refractivity contribution is 0.136. The molecule has 1 aromatic carbocycles. The van der Waals surface area contributed by atoms with Gasteiger partial charge in [0.05, 0.1) is 12.6 Å². The number of rotatable bonds is 8. The summed E-state index contributed by atoms with van der Waals surface area (Å²) in [7, 11) is 0. The van der Waals surface area contributed by atoms with E-state index < -0.39 is 0 Å². The van der Waals surface area contributed by atoms with E-state index in [9.17, 15) is 4.79 Å². The SMILES string of the molecule is CC(C)=CCC[C@H](C)CCOC(=O)N[C@H](C)c1ccccc1. The molecule has 0 saturated carbocycles. The van der Waals surface area contributed by atoms with Crippen molar-refractivity contribution in [3.63, 3.8) is 0 Å². The molecule has 0 aliphatic heterocycles. The Morgan fingerprint density at radius 1 is 1.18 bits per heavy atom. The van der Waals surface area contributed by atoms with E-state index in [1.54, 1.807) is 0 Å². The van der Waals surface area contributed by atoms with Gasteiger partial charge in [0.25, 0.3) is 0 Å². The van der Waals surface area contributed by atoms with E-state index in [0.717, 1.165) is 24.8 Å². The van der Waals surface area contributed by atoms with Crippen molar-refractivity contribution in [1.29, 1.82) is 0 Å². The Balaban J connectivity index is 2.19. The molecule has 1 rings (SSSR count). The van der Waals surface area contributed by atoms with Gasteiger partial charge in [-0.05, 0) is 51.5 Å². The topological polar surface area (TPSA) is 38.3 Å². The summed E-state index contributed by atoms with van der Waals surface area (Å²) in [4.78, 5) is 11.8. The summed E-state index contributed by atoms with van der Waals surface area (Å²) in [5.74, 6) is 0.565. The number of hydrogen-bond donors (Lipinski definition) is 1. The van der Waals surface area contributed by atoms with E-state index in [0.29, 0.717) is 12.5 Å². The van der Waals surface area contributed by atoms with Gasteiger partial charge in [-0.2, -0.15) is 0 Å². The number of benzene rings is 1. The number of carbonyl (C=O) groups excluding carboxylic acids is 1. The highest BCUT2D eigenvalue weighted by atomic mass is 16.5. The number of nitrogens with one attached hydrogen (secondary N) is 1. The first-order chi connectivity index (χ1) is 10.5. The van der Waals surface area contributed by atoms with Crippen LogP contribution in [0.1, 0.15) is 58.6 Å². The molecule has 122 valence electrons. The van der Waals surface area contributed by atoms with Crippen LogP contribution in [0.15, 0.2) is 42.0 Å². The average Bonchev–Trinajstić information content (AvgIpc) is 2.47. The molecule has 3 nitrogen and oxygen atoms in total. The molecule has 0 aromatic heterocycles. The number of carbonyl (C=O) groups is 1. The maximum Gasteiger partial charge on any atom is 0.407 e. The molecule has 0 aliphatic carbocycles. The summed E-state index contributed by atoms with van der Waals surface area (Å²) in [6, 6.07) is 9.85. The third-order valence-corrected chi connectivity index (χ3v) is 3.69. The monoisotopic (exact) mass is 303 g/mol. The lowest BCUT2D eigenvalue weighted by atomic mass is 10.0. The third kappa shape index (κ3) is 7.87. The number of ether oxygens (including phenoxy) is 1. The molecule has 0 radical (unpaired) electrons. The highest BCUT2D eigenvalue weighted by Crippen LogP contribution is 2.13. The van der Waals surface area contributed by atoms with Crippen molar-refractivity contribution in [2.75, 3.05) is 6.61 Å². The minimum atomic E-state index is -0.340. The summed E-state index contributed by atoms with van der Waals surface area (Å²) >= 11 is 0. The van der Waals surface area contributed by atoms with Gasteiger partial charge < -0.3 is 10.1 Å². The van der Waals surface area contributed by atoms with Crippen LogP contribution in [0, 0.1) is 5.92 Å². The molecule has 0 aliphatic rings.